The van der Waals surface area contributed by atoms with Crippen LogP contribution in [0.1, 0.15) is 17.7 Å². The first-order valence-electron chi connectivity index (χ1n) is 7.66. The first-order valence-corrected chi connectivity index (χ1v) is 8.91. The molecule has 1 N–H and O–H groups in total. The van der Waals surface area contributed by atoms with Gasteiger partial charge in [-0.05, 0) is 42.5 Å². The Hall–Kier alpha value is -1.56. The number of amides is 2. The SMILES string of the molecule is O=C(Nc1cccc(Cl)c1)N(Cc1cccs1)C1CCOCC1. The molecule has 0 atom stereocenters. The Morgan fingerprint density at radius 1 is 1.30 bits per heavy atom. The second kappa shape index (κ2) is 7.81. The first-order chi connectivity index (χ1) is 11.2. The summed E-state index contributed by atoms with van der Waals surface area (Å²) in [5, 5.41) is 5.60. The van der Waals surface area contributed by atoms with Gasteiger partial charge >= 0.3 is 6.03 Å². The zero-order valence-electron chi connectivity index (χ0n) is 12.7. The van der Waals surface area contributed by atoms with Crippen LogP contribution >= 0.6 is 22.9 Å². The van der Waals surface area contributed by atoms with Crippen molar-refractivity contribution in [1.29, 1.82) is 0 Å². The molecule has 0 saturated carbocycles. The minimum absolute atomic E-state index is 0.0902. The van der Waals surface area contributed by atoms with E-state index in [4.69, 9.17) is 16.3 Å². The Balaban J connectivity index is 1.74. The van der Waals surface area contributed by atoms with Gasteiger partial charge in [-0.25, -0.2) is 4.79 Å². The lowest BCUT2D eigenvalue weighted by molar-refractivity contribution is 0.0462. The molecule has 1 aliphatic rings. The standard InChI is InChI=1S/C17H19ClN2O2S/c18-13-3-1-4-14(11-13)19-17(21)20(12-16-5-2-10-23-16)15-6-8-22-9-7-15/h1-5,10-11,15H,6-9,12H2,(H,19,21). The predicted molar refractivity (Wildman–Crippen MR) is 94.2 cm³/mol. The molecule has 0 unspecified atom stereocenters. The van der Waals surface area contributed by atoms with Crippen molar-refractivity contribution in [2.24, 2.45) is 0 Å². The summed E-state index contributed by atoms with van der Waals surface area (Å²) in [6.07, 6.45) is 1.74. The number of nitrogens with one attached hydrogen (secondary N) is 1. The molecule has 122 valence electrons. The maximum Gasteiger partial charge on any atom is 0.322 e. The summed E-state index contributed by atoms with van der Waals surface area (Å²) in [7, 11) is 0. The van der Waals surface area contributed by atoms with E-state index in [0.717, 1.165) is 12.8 Å². The van der Waals surface area contributed by atoms with Crippen LogP contribution in [0.15, 0.2) is 41.8 Å². The van der Waals surface area contributed by atoms with Gasteiger partial charge < -0.3 is 15.0 Å². The highest BCUT2D eigenvalue weighted by Crippen LogP contribution is 2.22. The van der Waals surface area contributed by atoms with E-state index in [9.17, 15) is 4.79 Å². The van der Waals surface area contributed by atoms with Gasteiger partial charge in [-0.2, -0.15) is 0 Å². The summed E-state index contributed by atoms with van der Waals surface area (Å²) in [4.78, 5) is 15.9. The summed E-state index contributed by atoms with van der Waals surface area (Å²) >= 11 is 7.66. The Morgan fingerprint density at radius 2 is 2.13 bits per heavy atom. The summed E-state index contributed by atoms with van der Waals surface area (Å²) < 4.78 is 5.43. The topological polar surface area (TPSA) is 41.6 Å². The minimum Gasteiger partial charge on any atom is -0.381 e. The lowest BCUT2D eigenvalue weighted by Gasteiger charge is -2.34. The molecule has 1 aromatic carbocycles. The molecule has 1 aliphatic heterocycles. The van der Waals surface area contributed by atoms with Gasteiger partial charge in [0.15, 0.2) is 0 Å². The average molecular weight is 351 g/mol. The number of ether oxygens (including phenoxy) is 1. The summed E-state index contributed by atoms with van der Waals surface area (Å²) in [6, 6.07) is 11.4. The molecule has 23 heavy (non-hydrogen) atoms. The maximum atomic E-state index is 12.8. The molecule has 0 spiro atoms. The summed E-state index contributed by atoms with van der Waals surface area (Å²) in [5.74, 6) is 0. The molecule has 0 bridgehead atoms. The maximum absolute atomic E-state index is 12.8. The van der Waals surface area contributed by atoms with E-state index < -0.39 is 0 Å². The van der Waals surface area contributed by atoms with Crippen molar-refractivity contribution in [3.05, 3.63) is 51.7 Å². The van der Waals surface area contributed by atoms with E-state index in [1.165, 1.54) is 4.88 Å². The highest BCUT2D eigenvalue weighted by molar-refractivity contribution is 7.09. The van der Waals surface area contributed by atoms with Gasteiger partial charge in [0, 0.05) is 34.8 Å². The number of hydrogen-bond donors (Lipinski definition) is 1. The molecule has 0 radical (unpaired) electrons. The van der Waals surface area contributed by atoms with Crippen LogP contribution in [0.5, 0.6) is 0 Å². The van der Waals surface area contributed by atoms with E-state index >= 15 is 0 Å². The first kappa shape index (κ1) is 16.3. The molecule has 3 rings (SSSR count). The summed E-state index contributed by atoms with van der Waals surface area (Å²) in [5.41, 5.74) is 0.714. The fourth-order valence-electron chi connectivity index (χ4n) is 2.70. The van der Waals surface area contributed by atoms with Crippen molar-refractivity contribution in [2.75, 3.05) is 18.5 Å². The number of anilines is 1. The fraction of sp³-hybridized carbons (Fsp3) is 0.353. The molecule has 1 aromatic heterocycles. The van der Waals surface area contributed by atoms with Crippen molar-refractivity contribution in [1.82, 2.24) is 4.90 Å². The molecule has 4 nitrogen and oxygen atoms in total. The number of carbonyl (C=O) groups is 1. The van der Waals surface area contributed by atoms with Crippen LogP contribution in [0.2, 0.25) is 5.02 Å². The van der Waals surface area contributed by atoms with Crippen LogP contribution in [0.4, 0.5) is 10.5 Å². The molecular formula is C17H19ClN2O2S. The summed E-state index contributed by atoms with van der Waals surface area (Å²) in [6.45, 7) is 2.03. The molecule has 1 fully saturated rings. The van der Waals surface area contributed by atoms with Gasteiger partial charge in [0.05, 0.1) is 6.54 Å². The Labute approximate surface area is 145 Å². The average Bonchev–Trinajstić information content (AvgIpc) is 3.06. The number of rotatable bonds is 4. The normalized spacial score (nSPS) is 15.3. The van der Waals surface area contributed by atoms with Crippen molar-refractivity contribution in [2.45, 2.75) is 25.4 Å². The molecule has 2 amide bonds. The molecule has 2 heterocycles. The Morgan fingerprint density at radius 3 is 2.83 bits per heavy atom. The fourth-order valence-corrected chi connectivity index (χ4v) is 3.59. The van der Waals surface area contributed by atoms with Crippen molar-refractivity contribution in [3.63, 3.8) is 0 Å². The third-order valence-electron chi connectivity index (χ3n) is 3.87. The van der Waals surface area contributed by atoms with Crippen LogP contribution < -0.4 is 5.32 Å². The van der Waals surface area contributed by atoms with Crippen molar-refractivity contribution in [3.8, 4) is 0 Å². The molecular weight excluding hydrogens is 332 g/mol. The van der Waals surface area contributed by atoms with Crippen LogP contribution in [-0.2, 0) is 11.3 Å². The highest BCUT2D eigenvalue weighted by Gasteiger charge is 2.26. The zero-order valence-corrected chi connectivity index (χ0v) is 14.3. The van der Waals surface area contributed by atoms with Gasteiger partial charge in [-0.3, -0.25) is 0 Å². The number of halogens is 1. The van der Waals surface area contributed by atoms with E-state index in [1.54, 1.807) is 23.5 Å². The van der Waals surface area contributed by atoms with E-state index in [0.29, 0.717) is 30.5 Å². The number of benzene rings is 1. The Bertz CT molecular complexity index is 642. The van der Waals surface area contributed by atoms with E-state index in [-0.39, 0.29) is 12.1 Å². The van der Waals surface area contributed by atoms with Crippen molar-refractivity contribution < 1.29 is 9.53 Å². The number of nitrogens with zero attached hydrogens (tertiary/aromatic N) is 1. The highest BCUT2D eigenvalue weighted by atomic mass is 35.5. The monoisotopic (exact) mass is 350 g/mol. The third-order valence-corrected chi connectivity index (χ3v) is 4.97. The lowest BCUT2D eigenvalue weighted by Crippen LogP contribution is -2.44. The second-order valence-electron chi connectivity index (χ2n) is 5.49. The predicted octanol–water partition coefficient (Wildman–Crippen LogP) is 4.61. The molecule has 6 heteroatoms. The lowest BCUT2D eigenvalue weighted by atomic mass is 10.1. The minimum atomic E-state index is -0.0902. The smallest absolute Gasteiger partial charge is 0.322 e. The number of carbonyl (C=O) groups excluding carboxylic acids is 1. The number of urea groups is 1. The van der Waals surface area contributed by atoms with Crippen molar-refractivity contribution >= 4 is 34.7 Å². The van der Waals surface area contributed by atoms with Gasteiger partial charge in [0.1, 0.15) is 0 Å². The number of hydrogen-bond acceptors (Lipinski definition) is 3. The van der Waals surface area contributed by atoms with E-state index in [2.05, 4.69) is 11.4 Å². The quantitative estimate of drug-likeness (QED) is 0.874. The van der Waals surface area contributed by atoms with Gasteiger partial charge in [0.2, 0.25) is 0 Å². The second-order valence-corrected chi connectivity index (χ2v) is 6.96. The molecule has 1 saturated heterocycles. The van der Waals surface area contributed by atoms with Gasteiger partial charge in [-0.1, -0.05) is 23.7 Å². The van der Waals surface area contributed by atoms with Gasteiger partial charge in [-0.15, -0.1) is 11.3 Å². The third kappa shape index (κ3) is 4.47. The van der Waals surface area contributed by atoms with Gasteiger partial charge in [0.25, 0.3) is 0 Å². The van der Waals surface area contributed by atoms with Crippen LogP contribution in [-0.4, -0.2) is 30.2 Å². The largest absolute Gasteiger partial charge is 0.381 e. The molecule has 2 aromatic rings. The van der Waals surface area contributed by atoms with Crippen LogP contribution in [0, 0.1) is 0 Å². The van der Waals surface area contributed by atoms with Crippen LogP contribution in [0.25, 0.3) is 0 Å². The van der Waals surface area contributed by atoms with E-state index in [1.807, 2.05) is 28.5 Å². The molecule has 0 aliphatic carbocycles. The number of thiophene rings is 1. The Kier molecular flexibility index (Phi) is 5.54. The van der Waals surface area contributed by atoms with Crippen LogP contribution in [0.3, 0.4) is 0 Å². The zero-order chi connectivity index (χ0) is 16.1.